The fourth-order valence-electron chi connectivity index (χ4n) is 2.39. The van der Waals surface area contributed by atoms with Crippen LogP contribution in [0.2, 0.25) is 0 Å². The van der Waals surface area contributed by atoms with Crippen molar-refractivity contribution in [2.75, 3.05) is 20.6 Å². The molecule has 114 valence electrons. The molecule has 0 bridgehead atoms. The van der Waals surface area contributed by atoms with Crippen molar-refractivity contribution >= 4 is 16.9 Å². The fraction of sp³-hybridized carbons (Fsp3) is 0.235. The van der Waals surface area contributed by atoms with Crippen molar-refractivity contribution in [1.29, 1.82) is 0 Å². The third kappa shape index (κ3) is 2.89. The second kappa shape index (κ2) is 6.07. The average Bonchev–Trinajstić information content (AvgIpc) is 3.15. The van der Waals surface area contributed by atoms with Crippen LogP contribution in [0.1, 0.15) is 16.1 Å². The van der Waals surface area contributed by atoms with Crippen molar-refractivity contribution in [2.24, 2.45) is 0 Å². The van der Waals surface area contributed by atoms with Gasteiger partial charge in [-0.25, -0.2) is 4.79 Å². The van der Waals surface area contributed by atoms with Gasteiger partial charge in [0.2, 0.25) is 5.76 Å². The molecule has 1 N–H and O–H groups in total. The van der Waals surface area contributed by atoms with Crippen molar-refractivity contribution < 1.29 is 13.9 Å². The molecule has 3 rings (SSSR count). The molecule has 0 aliphatic carbocycles. The number of nitrogens with zero attached hydrogens (tertiary/aromatic N) is 1. The maximum absolute atomic E-state index is 12.1. The highest BCUT2D eigenvalue weighted by Crippen LogP contribution is 2.29. The molecule has 1 aromatic carbocycles. The summed E-state index contributed by atoms with van der Waals surface area (Å²) < 4.78 is 10.6. The largest absolute Gasteiger partial charge is 0.457 e. The van der Waals surface area contributed by atoms with E-state index in [1.54, 1.807) is 18.2 Å². The van der Waals surface area contributed by atoms with E-state index in [0.717, 1.165) is 29.4 Å². The number of fused-ring (bicyclic) bond motifs is 1. The Kier molecular flexibility index (Phi) is 3.98. The summed E-state index contributed by atoms with van der Waals surface area (Å²) in [6.45, 7) is 0.924. The van der Waals surface area contributed by atoms with Gasteiger partial charge < -0.3 is 19.0 Å². The Balaban J connectivity index is 1.91. The lowest BCUT2D eigenvalue weighted by Crippen LogP contribution is -2.15. The van der Waals surface area contributed by atoms with Crippen LogP contribution in [0.5, 0.6) is 5.75 Å². The minimum atomic E-state index is -0.489. The number of hydrogen-bond donors (Lipinski definition) is 1. The van der Waals surface area contributed by atoms with Gasteiger partial charge in [-0.1, -0.05) is 6.07 Å². The van der Waals surface area contributed by atoms with Gasteiger partial charge >= 0.3 is 5.97 Å². The molecular weight excluding hydrogens is 280 g/mol. The summed E-state index contributed by atoms with van der Waals surface area (Å²) >= 11 is 0. The van der Waals surface area contributed by atoms with Gasteiger partial charge in [0.1, 0.15) is 5.75 Å². The van der Waals surface area contributed by atoms with E-state index in [-0.39, 0.29) is 5.76 Å². The SMILES string of the molecule is CN(C)CCc1c[nH]c2cccc(OC(=O)c3ccco3)c12. The molecule has 5 nitrogen and oxygen atoms in total. The summed E-state index contributed by atoms with van der Waals surface area (Å²) in [5.74, 6) is 0.258. The first kappa shape index (κ1) is 14.4. The molecule has 0 amide bonds. The van der Waals surface area contributed by atoms with E-state index < -0.39 is 5.97 Å². The minimum Gasteiger partial charge on any atom is -0.457 e. The normalized spacial score (nSPS) is 11.2. The molecule has 0 aliphatic rings. The van der Waals surface area contributed by atoms with E-state index in [0.29, 0.717) is 5.75 Å². The van der Waals surface area contributed by atoms with Crippen molar-refractivity contribution in [1.82, 2.24) is 9.88 Å². The van der Waals surface area contributed by atoms with E-state index in [1.165, 1.54) is 6.26 Å². The molecule has 0 atom stereocenters. The quantitative estimate of drug-likeness (QED) is 0.581. The Labute approximate surface area is 128 Å². The Morgan fingerprint density at radius 1 is 1.27 bits per heavy atom. The number of benzene rings is 1. The number of esters is 1. The van der Waals surface area contributed by atoms with E-state index in [4.69, 9.17) is 9.15 Å². The van der Waals surface area contributed by atoms with Crippen molar-refractivity contribution in [3.8, 4) is 5.75 Å². The van der Waals surface area contributed by atoms with E-state index in [9.17, 15) is 4.79 Å². The second-order valence-corrected chi connectivity index (χ2v) is 5.41. The maximum atomic E-state index is 12.1. The number of carbonyl (C=O) groups excluding carboxylic acids is 1. The molecule has 2 aromatic heterocycles. The Morgan fingerprint density at radius 3 is 2.86 bits per heavy atom. The van der Waals surface area contributed by atoms with Gasteiger partial charge in [0.05, 0.1) is 6.26 Å². The van der Waals surface area contributed by atoms with Crippen LogP contribution >= 0.6 is 0 Å². The number of hydrogen-bond acceptors (Lipinski definition) is 4. The number of aromatic nitrogens is 1. The van der Waals surface area contributed by atoms with Gasteiger partial charge in [-0.05, 0) is 50.3 Å². The molecule has 0 spiro atoms. The zero-order valence-electron chi connectivity index (χ0n) is 12.6. The third-order valence-corrected chi connectivity index (χ3v) is 3.50. The Hall–Kier alpha value is -2.53. The number of carbonyl (C=O) groups is 1. The van der Waals surface area contributed by atoms with Crippen molar-refractivity contribution in [3.05, 3.63) is 54.1 Å². The highest BCUT2D eigenvalue weighted by molar-refractivity contribution is 5.94. The van der Waals surface area contributed by atoms with Crippen LogP contribution in [0.25, 0.3) is 10.9 Å². The fourth-order valence-corrected chi connectivity index (χ4v) is 2.39. The van der Waals surface area contributed by atoms with E-state index >= 15 is 0 Å². The average molecular weight is 298 g/mol. The van der Waals surface area contributed by atoms with Crippen LogP contribution in [-0.2, 0) is 6.42 Å². The number of nitrogens with one attached hydrogen (secondary N) is 1. The van der Waals surface area contributed by atoms with Gasteiger partial charge in [-0.15, -0.1) is 0 Å². The van der Waals surface area contributed by atoms with Crippen LogP contribution < -0.4 is 4.74 Å². The first-order valence-electron chi connectivity index (χ1n) is 7.14. The number of furan rings is 1. The predicted molar refractivity (Wildman–Crippen MR) is 84.2 cm³/mol. The third-order valence-electron chi connectivity index (χ3n) is 3.50. The summed E-state index contributed by atoms with van der Waals surface area (Å²) in [4.78, 5) is 17.4. The van der Waals surface area contributed by atoms with Crippen LogP contribution in [0.15, 0.2) is 47.2 Å². The van der Waals surface area contributed by atoms with Crippen LogP contribution in [0, 0.1) is 0 Å². The summed E-state index contributed by atoms with van der Waals surface area (Å²) in [6.07, 6.45) is 4.30. The molecule has 0 unspecified atom stereocenters. The summed E-state index contributed by atoms with van der Waals surface area (Å²) in [5, 5.41) is 0.948. The highest BCUT2D eigenvalue weighted by atomic mass is 16.5. The van der Waals surface area contributed by atoms with Gasteiger partial charge in [0.15, 0.2) is 0 Å². The topological polar surface area (TPSA) is 58.5 Å². The van der Waals surface area contributed by atoms with Gasteiger partial charge in [0, 0.05) is 23.6 Å². The molecule has 5 heteroatoms. The predicted octanol–water partition coefficient (Wildman–Crippen LogP) is 3.08. The first-order chi connectivity index (χ1) is 10.6. The number of H-pyrrole nitrogens is 1. The standard InChI is InChI=1S/C17H18N2O3/c1-19(2)9-8-12-11-18-13-5-3-6-14(16(12)13)22-17(20)15-7-4-10-21-15/h3-7,10-11,18H,8-9H2,1-2H3. The lowest BCUT2D eigenvalue weighted by molar-refractivity contribution is 0.0704. The lowest BCUT2D eigenvalue weighted by atomic mass is 10.1. The Morgan fingerprint density at radius 2 is 2.14 bits per heavy atom. The van der Waals surface area contributed by atoms with Gasteiger partial charge in [0.25, 0.3) is 0 Å². The van der Waals surface area contributed by atoms with E-state index in [1.807, 2.05) is 32.4 Å². The first-order valence-corrected chi connectivity index (χ1v) is 7.14. The molecule has 0 fully saturated rings. The molecule has 0 saturated carbocycles. The Bertz CT molecular complexity index is 772. The monoisotopic (exact) mass is 298 g/mol. The maximum Gasteiger partial charge on any atom is 0.379 e. The van der Waals surface area contributed by atoms with Gasteiger partial charge in [-0.2, -0.15) is 0 Å². The zero-order valence-corrected chi connectivity index (χ0v) is 12.6. The smallest absolute Gasteiger partial charge is 0.379 e. The van der Waals surface area contributed by atoms with Crippen LogP contribution in [0.3, 0.4) is 0 Å². The molecule has 22 heavy (non-hydrogen) atoms. The van der Waals surface area contributed by atoms with Crippen molar-refractivity contribution in [2.45, 2.75) is 6.42 Å². The molecule has 0 saturated heterocycles. The zero-order chi connectivity index (χ0) is 15.5. The number of rotatable bonds is 5. The molecular formula is C17H18N2O3. The van der Waals surface area contributed by atoms with E-state index in [2.05, 4.69) is 9.88 Å². The minimum absolute atomic E-state index is 0.197. The lowest BCUT2D eigenvalue weighted by Gasteiger charge is -2.10. The number of aromatic amines is 1. The highest BCUT2D eigenvalue weighted by Gasteiger charge is 2.16. The number of likely N-dealkylation sites (N-methyl/N-ethyl adjacent to an activating group) is 1. The summed E-state index contributed by atoms with van der Waals surface area (Å²) in [7, 11) is 4.07. The van der Waals surface area contributed by atoms with Crippen LogP contribution in [-0.4, -0.2) is 36.5 Å². The molecule has 0 radical (unpaired) electrons. The molecule has 2 heterocycles. The van der Waals surface area contributed by atoms with Crippen molar-refractivity contribution in [3.63, 3.8) is 0 Å². The van der Waals surface area contributed by atoms with Gasteiger partial charge in [-0.3, -0.25) is 0 Å². The molecule has 3 aromatic rings. The van der Waals surface area contributed by atoms with Crippen LogP contribution in [0.4, 0.5) is 0 Å². The summed E-state index contributed by atoms with van der Waals surface area (Å²) in [5.41, 5.74) is 2.09. The summed E-state index contributed by atoms with van der Waals surface area (Å²) in [6, 6.07) is 8.89. The number of ether oxygens (including phenoxy) is 1. The molecule has 0 aliphatic heterocycles. The second-order valence-electron chi connectivity index (χ2n) is 5.41.